The number of azide groups is 1. The van der Waals surface area contributed by atoms with E-state index in [0.29, 0.717) is 6.54 Å². The van der Waals surface area contributed by atoms with E-state index in [1.165, 1.54) is 0 Å². The Labute approximate surface area is 115 Å². The number of rotatable bonds is 7. The average Bonchev–Trinajstić information content (AvgIpc) is 2.40. The highest BCUT2D eigenvalue weighted by Gasteiger charge is 2.05. The molecule has 0 heterocycles. The van der Waals surface area contributed by atoms with Crippen LogP contribution in [-0.2, 0) is 9.59 Å². The van der Waals surface area contributed by atoms with Crippen LogP contribution in [0, 0.1) is 0 Å². The summed E-state index contributed by atoms with van der Waals surface area (Å²) in [5.74, 6) is -0.218. The van der Waals surface area contributed by atoms with E-state index in [1.54, 1.807) is 0 Å². The molecule has 0 fully saturated rings. The summed E-state index contributed by atoms with van der Waals surface area (Å²) in [6, 6.07) is 9.35. The van der Waals surface area contributed by atoms with Crippen LogP contribution in [0.15, 0.2) is 40.3 Å². The molecule has 0 atom stereocenters. The van der Waals surface area contributed by atoms with Crippen molar-refractivity contribution in [1.29, 1.82) is 0 Å². The van der Waals surface area contributed by atoms with Crippen molar-refractivity contribution < 1.29 is 9.59 Å². The minimum Gasteiger partial charge on any atom is -0.356 e. The molecule has 0 saturated carbocycles. The Bertz CT molecular complexity index is 472. The largest absolute Gasteiger partial charge is 0.356 e. The SMILES string of the molecule is [N-]=[N+]=NCCC(=O)NCCC(=O)Sc1ccccc1. The molecule has 1 aromatic rings. The maximum Gasteiger partial charge on any atom is 0.220 e. The Morgan fingerprint density at radius 3 is 2.68 bits per heavy atom. The summed E-state index contributed by atoms with van der Waals surface area (Å²) in [5, 5.41) is 5.86. The Kier molecular flexibility index (Phi) is 7.16. The zero-order valence-corrected chi connectivity index (χ0v) is 11.1. The first kappa shape index (κ1) is 15.1. The van der Waals surface area contributed by atoms with Crippen molar-refractivity contribution in [3.05, 3.63) is 40.8 Å². The van der Waals surface area contributed by atoms with Crippen molar-refractivity contribution in [2.45, 2.75) is 17.7 Å². The smallest absolute Gasteiger partial charge is 0.220 e. The van der Waals surface area contributed by atoms with Gasteiger partial charge in [0.05, 0.1) is 0 Å². The Morgan fingerprint density at radius 1 is 1.26 bits per heavy atom. The van der Waals surface area contributed by atoms with Crippen molar-refractivity contribution in [3.63, 3.8) is 0 Å². The number of carbonyl (C=O) groups is 2. The number of hydrogen-bond acceptors (Lipinski definition) is 4. The Morgan fingerprint density at radius 2 is 2.00 bits per heavy atom. The fourth-order valence-corrected chi connectivity index (χ4v) is 2.02. The van der Waals surface area contributed by atoms with Crippen molar-refractivity contribution in [2.24, 2.45) is 5.11 Å². The van der Waals surface area contributed by atoms with Gasteiger partial charge in [-0.2, -0.15) is 0 Å². The summed E-state index contributed by atoms with van der Waals surface area (Å²) in [5.41, 5.74) is 8.05. The number of benzene rings is 1. The van der Waals surface area contributed by atoms with E-state index < -0.39 is 0 Å². The lowest BCUT2D eigenvalue weighted by Crippen LogP contribution is -2.25. The van der Waals surface area contributed by atoms with Gasteiger partial charge >= 0.3 is 0 Å². The molecule has 0 aliphatic carbocycles. The second-order valence-electron chi connectivity index (χ2n) is 3.59. The van der Waals surface area contributed by atoms with Crippen LogP contribution in [0.4, 0.5) is 0 Å². The molecule has 0 saturated heterocycles. The molecule has 100 valence electrons. The Balaban J connectivity index is 2.17. The third-order valence-corrected chi connectivity index (χ3v) is 3.07. The minimum absolute atomic E-state index is 0.00143. The van der Waals surface area contributed by atoms with Gasteiger partial charge in [-0.05, 0) is 17.7 Å². The minimum atomic E-state index is -0.218. The average molecular weight is 278 g/mol. The molecule has 1 N–H and O–H groups in total. The van der Waals surface area contributed by atoms with Gasteiger partial charge in [0.1, 0.15) is 0 Å². The van der Waals surface area contributed by atoms with Gasteiger partial charge in [0.25, 0.3) is 0 Å². The quantitative estimate of drug-likeness (QED) is 0.359. The molecule has 6 nitrogen and oxygen atoms in total. The first-order chi connectivity index (χ1) is 9.22. The van der Waals surface area contributed by atoms with Crippen LogP contribution in [0.3, 0.4) is 0 Å². The number of thioether (sulfide) groups is 1. The van der Waals surface area contributed by atoms with Crippen LogP contribution in [0.2, 0.25) is 0 Å². The zero-order valence-electron chi connectivity index (χ0n) is 10.3. The molecule has 1 aromatic carbocycles. The van der Waals surface area contributed by atoms with Gasteiger partial charge in [-0.1, -0.05) is 35.1 Å². The summed E-state index contributed by atoms with van der Waals surface area (Å²) in [4.78, 5) is 26.3. The standard InChI is InChI=1S/C12H14N4O2S/c13-16-15-9-6-11(17)14-8-7-12(18)19-10-4-2-1-3-5-10/h1-5H,6-9H2,(H,14,17). The lowest BCUT2D eigenvalue weighted by molar-refractivity contribution is -0.120. The van der Waals surface area contributed by atoms with Gasteiger partial charge in [-0.25, -0.2) is 0 Å². The molecule has 19 heavy (non-hydrogen) atoms. The molecule has 7 heteroatoms. The van der Waals surface area contributed by atoms with Crippen LogP contribution < -0.4 is 5.32 Å². The van der Waals surface area contributed by atoms with Crippen LogP contribution in [-0.4, -0.2) is 24.1 Å². The molecule has 0 radical (unpaired) electrons. The van der Waals surface area contributed by atoms with Crippen LogP contribution in [0.25, 0.3) is 10.4 Å². The van der Waals surface area contributed by atoms with Gasteiger partial charge in [0, 0.05) is 35.7 Å². The lowest BCUT2D eigenvalue weighted by atomic mass is 10.4. The zero-order chi connectivity index (χ0) is 13.9. The fourth-order valence-electron chi connectivity index (χ4n) is 1.26. The topological polar surface area (TPSA) is 94.9 Å². The van der Waals surface area contributed by atoms with Crippen LogP contribution in [0.5, 0.6) is 0 Å². The van der Waals surface area contributed by atoms with E-state index in [2.05, 4.69) is 15.3 Å². The number of amides is 1. The predicted octanol–water partition coefficient (Wildman–Crippen LogP) is 2.51. The second-order valence-corrected chi connectivity index (χ2v) is 4.72. The van der Waals surface area contributed by atoms with E-state index in [0.717, 1.165) is 16.7 Å². The molecule has 0 bridgehead atoms. The van der Waals surface area contributed by atoms with Gasteiger partial charge < -0.3 is 5.32 Å². The number of nitrogens with zero attached hydrogens (tertiary/aromatic N) is 3. The predicted molar refractivity (Wildman–Crippen MR) is 73.6 cm³/mol. The molecule has 1 rings (SSSR count). The van der Waals surface area contributed by atoms with Gasteiger partial charge in [0.15, 0.2) is 5.12 Å². The molecule has 0 spiro atoms. The third kappa shape index (κ3) is 7.13. The summed E-state index contributed by atoms with van der Waals surface area (Å²) in [6.07, 6.45) is 0.414. The summed E-state index contributed by atoms with van der Waals surface area (Å²) in [7, 11) is 0. The van der Waals surface area contributed by atoms with Crippen molar-refractivity contribution in [2.75, 3.05) is 13.1 Å². The summed E-state index contributed by atoms with van der Waals surface area (Å²) < 4.78 is 0. The molecule has 0 aromatic heterocycles. The monoisotopic (exact) mass is 278 g/mol. The number of hydrogen-bond donors (Lipinski definition) is 1. The van der Waals surface area contributed by atoms with Gasteiger partial charge in [-0.15, -0.1) is 0 Å². The fraction of sp³-hybridized carbons (Fsp3) is 0.333. The number of carbonyl (C=O) groups excluding carboxylic acids is 2. The third-order valence-electron chi connectivity index (χ3n) is 2.13. The van der Waals surface area contributed by atoms with Gasteiger partial charge in [0.2, 0.25) is 5.91 Å². The highest BCUT2D eigenvalue weighted by atomic mass is 32.2. The first-order valence-electron chi connectivity index (χ1n) is 5.75. The van der Waals surface area contributed by atoms with E-state index in [-0.39, 0.29) is 30.4 Å². The van der Waals surface area contributed by atoms with Crippen LogP contribution in [0.1, 0.15) is 12.8 Å². The normalized spacial score (nSPS) is 9.47. The molecular weight excluding hydrogens is 264 g/mol. The summed E-state index contributed by atoms with van der Waals surface area (Å²) >= 11 is 1.16. The van der Waals surface area contributed by atoms with E-state index in [1.807, 2.05) is 30.3 Å². The highest BCUT2D eigenvalue weighted by molar-refractivity contribution is 8.13. The maximum atomic E-state index is 11.6. The summed E-state index contributed by atoms with van der Waals surface area (Å²) in [6.45, 7) is 0.433. The van der Waals surface area contributed by atoms with Crippen molar-refractivity contribution in [3.8, 4) is 0 Å². The van der Waals surface area contributed by atoms with Crippen molar-refractivity contribution >= 4 is 22.8 Å². The lowest BCUT2D eigenvalue weighted by Gasteiger charge is -2.03. The van der Waals surface area contributed by atoms with E-state index in [4.69, 9.17) is 5.53 Å². The van der Waals surface area contributed by atoms with E-state index in [9.17, 15) is 9.59 Å². The molecule has 0 unspecified atom stereocenters. The molecule has 1 amide bonds. The first-order valence-corrected chi connectivity index (χ1v) is 6.57. The van der Waals surface area contributed by atoms with E-state index >= 15 is 0 Å². The van der Waals surface area contributed by atoms with Gasteiger partial charge in [-0.3, -0.25) is 9.59 Å². The van der Waals surface area contributed by atoms with Crippen LogP contribution >= 0.6 is 11.8 Å². The molecular formula is C12H14N4O2S. The Hall–Kier alpha value is -1.98. The molecule has 0 aliphatic heterocycles. The second kappa shape index (κ2) is 9.02. The highest BCUT2D eigenvalue weighted by Crippen LogP contribution is 2.18. The number of nitrogens with one attached hydrogen (secondary N) is 1. The van der Waals surface area contributed by atoms with Crippen molar-refractivity contribution in [1.82, 2.24) is 5.32 Å². The molecule has 0 aliphatic rings. The maximum absolute atomic E-state index is 11.6.